The fourth-order valence-electron chi connectivity index (χ4n) is 2.54. The summed E-state index contributed by atoms with van der Waals surface area (Å²) in [4.78, 5) is 6.82. The average Bonchev–Trinajstić information content (AvgIpc) is 2.79. The van der Waals surface area contributed by atoms with Crippen LogP contribution in [0.25, 0.3) is 0 Å². The summed E-state index contributed by atoms with van der Waals surface area (Å²) in [5.41, 5.74) is 10.3. The van der Waals surface area contributed by atoms with Gasteiger partial charge in [0.1, 0.15) is 5.84 Å². The molecule has 3 rings (SSSR count). The monoisotopic (exact) mass is 257 g/mol. The van der Waals surface area contributed by atoms with Crippen LogP contribution in [-0.2, 0) is 0 Å². The number of nitrogens with two attached hydrogens (primary N) is 1. The van der Waals surface area contributed by atoms with Crippen LogP contribution in [0.1, 0.15) is 12.5 Å². The number of aliphatic imine (C=N–C) groups is 1. The van der Waals surface area contributed by atoms with E-state index in [4.69, 9.17) is 5.73 Å². The topological polar surface area (TPSA) is 65.7 Å². The lowest BCUT2D eigenvalue weighted by molar-refractivity contribution is 0.759. The van der Waals surface area contributed by atoms with E-state index in [0.29, 0.717) is 13.1 Å². The summed E-state index contributed by atoms with van der Waals surface area (Å²) < 4.78 is 0. The molecular formula is C14H19N5. The number of anilines is 2. The minimum absolute atomic E-state index is 0.0563. The second-order valence-corrected chi connectivity index (χ2v) is 4.93. The molecule has 2 aliphatic rings. The maximum absolute atomic E-state index is 5.54. The van der Waals surface area contributed by atoms with Gasteiger partial charge in [-0.15, -0.1) is 0 Å². The Morgan fingerprint density at radius 1 is 1.37 bits per heavy atom. The number of nitrogens with zero attached hydrogens (tertiary/aromatic N) is 2. The lowest BCUT2D eigenvalue weighted by atomic mass is 10.1. The number of nitrogens with one attached hydrogen (secondary N) is 2. The SMILES string of the molecule is CC1=CNC2C(=NCCN)Nc3ccc(C)cc3N12. The maximum Gasteiger partial charge on any atom is 0.162 e. The summed E-state index contributed by atoms with van der Waals surface area (Å²) >= 11 is 0. The van der Waals surface area contributed by atoms with Gasteiger partial charge in [-0.1, -0.05) is 6.07 Å². The second kappa shape index (κ2) is 4.59. The Morgan fingerprint density at radius 3 is 3.00 bits per heavy atom. The number of hydrogen-bond donors (Lipinski definition) is 3. The van der Waals surface area contributed by atoms with Gasteiger partial charge in [0.25, 0.3) is 0 Å². The highest BCUT2D eigenvalue weighted by Crippen LogP contribution is 2.36. The number of fused-ring (bicyclic) bond motifs is 3. The van der Waals surface area contributed by atoms with Gasteiger partial charge in [-0.3, -0.25) is 4.99 Å². The summed E-state index contributed by atoms with van der Waals surface area (Å²) in [7, 11) is 0. The van der Waals surface area contributed by atoms with E-state index in [9.17, 15) is 0 Å². The first-order valence-electron chi connectivity index (χ1n) is 6.55. The van der Waals surface area contributed by atoms with Gasteiger partial charge in [0, 0.05) is 18.4 Å². The van der Waals surface area contributed by atoms with Crippen LogP contribution in [0.4, 0.5) is 11.4 Å². The van der Waals surface area contributed by atoms with E-state index in [1.165, 1.54) is 16.9 Å². The Kier molecular flexibility index (Phi) is 2.91. The molecule has 0 aliphatic carbocycles. The molecule has 1 atom stereocenters. The van der Waals surface area contributed by atoms with Gasteiger partial charge < -0.3 is 21.3 Å². The molecule has 1 aromatic carbocycles. The predicted molar refractivity (Wildman–Crippen MR) is 79.3 cm³/mol. The van der Waals surface area contributed by atoms with Gasteiger partial charge in [0.15, 0.2) is 6.17 Å². The molecule has 100 valence electrons. The van der Waals surface area contributed by atoms with Crippen LogP contribution in [0.2, 0.25) is 0 Å². The van der Waals surface area contributed by atoms with Crippen LogP contribution >= 0.6 is 0 Å². The Morgan fingerprint density at radius 2 is 2.21 bits per heavy atom. The van der Waals surface area contributed by atoms with Crippen LogP contribution < -0.4 is 21.3 Å². The molecule has 5 nitrogen and oxygen atoms in total. The molecule has 0 radical (unpaired) electrons. The van der Waals surface area contributed by atoms with Crippen molar-refractivity contribution >= 4 is 17.2 Å². The highest BCUT2D eigenvalue weighted by atomic mass is 15.4. The minimum atomic E-state index is 0.0563. The molecule has 0 bridgehead atoms. The molecule has 0 spiro atoms. The van der Waals surface area contributed by atoms with E-state index in [-0.39, 0.29) is 6.17 Å². The van der Waals surface area contributed by atoms with Gasteiger partial charge in [0.2, 0.25) is 0 Å². The highest BCUT2D eigenvalue weighted by Gasteiger charge is 2.34. The third kappa shape index (κ3) is 1.96. The van der Waals surface area contributed by atoms with Crippen LogP contribution in [0.5, 0.6) is 0 Å². The van der Waals surface area contributed by atoms with Crippen molar-refractivity contribution < 1.29 is 0 Å². The largest absolute Gasteiger partial charge is 0.363 e. The number of rotatable bonds is 2. The highest BCUT2D eigenvalue weighted by molar-refractivity contribution is 6.08. The zero-order valence-corrected chi connectivity index (χ0v) is 11.3. The van der Waals surface area contributed by atoms with E-state index in [1.807, 2.05) is 6.20 Å². The zero-order chi connectivity index (χ0) is 13.4. The summed E-state index contributed by atoms with van der Waals surface area (Å²) in [6.45, 7) is 5.40. The number of benzene rings is 1. The zero-order valence-electron chi connectivity index (χ0n) is 11.3. The number of allylic oxidation sites excluding steroid dienone is 1. The molecule has 2 aliphatic heterocycles. The van der Waals surface area contributed by atoms with Crippen molar-refractivity contribution in [1.82, 2.24) is 5.32 Å². The van der Waals surface area contributed by atoms with Gasteiger partial charge in [-0.2, -0.15) is 0 Å². The predicted octanol–water partition coefficient (Wildman–Crippen LogP) is 1.37. The molecule has 0 aromatic heterocycles. The van der Waals surface area contributed by atoms with Crippen LogP contribution in [0.15, 0.2) is 35.1 Å². The molecule has 2 heterocycles. The molecule has 0 saturated heterocycles. The van der Waals surface area contributed by atoms with Crippen molar-refractivity contribution in [2.45, 2.75) is 20.0 Å². The van der Waals surface area contributed by atoms with E-state index < -0.39 is 0 Å². The lowest BCUT2D eigenvalue weighted by Gasteiger charge is -2.36. The number of amidine groups is 1. The first-order valence-corrected chi connectivity index (χ1v) is 6.55. The van der Waals surface area contributed by atoms with Crippen molar-refractivity contribution in [3.63, 3.8) is 0 Å². The van der Waals surface area contributed by atoms with Crippen molar-refractivity contribution in [3.05, 3.63) is 35.7 Å². The second-order valence-electron chi connectivity index (χ2n) is 4.93. The third-order valence-electron chi connectivity index (χ3n) is 3.43. The molecule has 5 heteroatoms. The molecule has 0 fully saturated rings. The van der Waals surface area contributed by atoms with E-state index in [0.717, 1.165) is 11.5 Å². The normalized spacial score (nSPS) is 22.5. The minimum Gasteiger partial charge on any atom is -0.363 e. The van der Waals surface area contributed by atoms with Crippen molar-refractivity contribution in [3.8, 4) is 0 Å². The Labute approximate surface area is 113 Å². The van der Waals surface area contributed by atoms with Crippen molar-refractivity contribution in [2.75, 3.05) is 23.3 Å². The Hall–Kier alpha value is -2.01. The summed E-state index contributed by atoms with van der Waals surface area (Å²) in [5, 5.41) is 6.77. The number of aryl methyl sites for hydroxylation is 1. The molecular weight excluding hydrogens is 238 g/mol. The first-order chi connectivity index (χ1) is 9.20. The maximum atomic E-state index is 5.54. The number of hydrogen-bond acceptors (Lipinski definition) is 4. The lowest BCUT2D eigenvalue weighted by Crippen LogP contribution is -2.50. The molecule has 19 heavy (non-hydrogen) atoms. The van der Waals surface area contributed by atoms with Crippen LogP contribution in [0.3, 0.4) is 0 Å². The van der Waals surface area contributed by atoms with Gasteiger partial charge in [-0.25, -0.2) is 0 Å². The third-order valence-corrected chi connectivity index (χ3v) is 3.43. The van der Waals surface area contributed by atoms with Gasteiger partial charge in [-0.05, 0) is 31.5 Å². The van der Waals surface area contributed by atoms with E-state index in [1.54, 1.807) is 0 Å². The summed E-state index contributed by atoms with van der Waals surface area (Å²) in [5.74, 6) is 0.926. The smallest absolute Gasteiger partial charge is 0.162 e. The Balaban J connectivity index is 2.05. The molecule has 4 N–H and O–H groups in total. The van der Waals surface area contributed by atoms with Crippen molar-refractivity contribution in [2.24, 2.45) is 10.7 Å². The molecule has 0 amide bonds. The fourth-order valence-corrected chi connectivity index (χ4v) is 2.54. The van der Waals surface area contributed by atoms with Gasteiger partial charge in [0.05, 0.1) is 17.9 Å². The van der Waals surface area contributed by atoms with Crippen molar-refractivity contribution in [1.29, 1.82) is 0 Å². The Bertz CT molecular complexity index is 561. The quantitative estimate of drug-likeness (QED) is 0.749. The van der Waals surface area contributed by atoms with E-state index in [2.05, 4.69) is 52.6 Å². The standard InChI is InChI=1S/C14H19N5/c1-9-3-4-11-12(7-9)19-10(2)8-17-14(19)13(18-11)16-6-5-15/h3-4,7-8,14,17H,5-6,15H2,1-2H3,(H,16,18). The summed E-state index contributed by atoms with van der Waals surface area (Å²) in [6, 6.07) is 6.40. The summed E-state index contributed by atoms with van der Waals surface area (Å²) in [6.07, 6.45) is 2.09. The van der Waals surface area contributed by atoms with E-state index >= 15 is 0 Å². The fraction of sp³-hybridized carbons (Fsp3) is 0.357. The van der Waals surface area contributed by atoms with Crippen LogP contribution in [0, 0.1) is 6.92 Å². The molecule has 0 saturated carbocycles. The first kappa shape index (κ1) is 12.0. The van der Waals surface area contributed by atoms with Gasteiger partial charge >= 0.3 is 0 Å². The molecule has 1 aromatic rings. The molecule has 1 unspecified atom stereocenters. The average molecular weight is 257 g/mol. The van der Waals surface area contributed by atoms with Crippen LogP contribution in [-0.4, -0.2) is 25.1 Å².